The molecule has 5 amide bonds. The van der Waals surface area contributed by atoms with Gasteiger partial charge in [0.25, 0.3) is 0 Å². The number of carbonyl (C=O) groups is 6. The summed E-state index contributed by atoms with van der Waals surface area (Å²) in [6.45, 7) is 3.56. The summed E-state index contributed by atoms with van der Waals surface area (Å²) >= 11 is 4.02. The van der Waals surface area contributed by atoms with Crippen molar-refractivity contribution in [1.29, 1.82) is 0 Å². The Hall–Kier alpha value is -2.87. The van der Waals surface area contributed by atoms with Crippen LogP contribution in [0.15, 0.2) is 0 Å². The Bertz CT molecular complexity index is 733. The van der Waals surface area contributed by atoms with Crippen molar-refractivity contribution < 1.29 is 33.9 Å². The second-order valence-electron chi connectivity index (χ2n) is 7.95. The molecule has 0 aromatic carbocycles. The summed E-state index contributed by atoms with van der Waals surface area (Å²) in [7, 11) is 0. The molecule has 0 aliphatic carbocycles. The van der Waals surface area contributed by atoms with E-state index in [1.165, 1.54) is 0 Å². The first-order valence-electron chi connectivity index (χ1n) is 10.3. The Morgan fingerprint density at radius 1 is 0.788 bits per heavy atom. The summed E-state index contributed by atoms with van der Waals surface area (Å²) in [5.41, 5.74) is 15.8. The third kappa shape index (κ3) is 12.7. The van der Waals surface area contributed by atoms with Crippen molar-refractivity contribution in [3.8, 4) is 0 Å². The molecule has 4 atom stereocenters. The van der Waals surface area contributed by atoms with Gasteiger partial charge in [-0.05, 0) is 25.2 Å². The lowest BCUT2D eigenvalue weighted by atomic mass is 10.0. The summed E-state index contributed by atoms with van der Waals surface area (Å²) in [4.78, 5) is 71.0. The molecule has 0 aromatic heterocycles. The number of thiol groups is 1. The molecule has 0 aromatic rings. The van der Waals surface area contributed by atoms with Gasteiger partial charge in [0.05, 0.1) is 6.04 Å². The van der Waals surface area contributed by atoms with Crippen LogP contribution in [0.3, 0.4) is 0 Å². The van der Waals surface area contributed by atoms with Crippen LogP contribution in [0.4, 0.5) is 0 Å². The molecule has 0 radical (unpaired) electrons. The summed E-state index contributed by atoms with van der Waals surface area (Å²) in [6, 6.07) is -4.79. The molecule has 0 saturated heterocycles. The second-order valence-corrected chi connectivity index (χ2v) is 8.32. The number of rotatable bonds is 16. The summed E-state index contributed by atoms with van der Waals surface area (Å²) in [6.07, 6.45) is -0.445. The lowest BCUT2D eigenvalue weighted by Gasteiger charge is -2.24. The maximum Gasteiger partial charge on any atom is 0.326 e. The normalized spacial score (nSPS) is 14.5. The molecule has 0 heterocycles. The van der Waals surface area contributed by atoms with Crippen molar-refractivity contribution in [2.45, 2.75) is 70.1 Å². The molecule has 14 heteroatoms. The molecule has 0 saturated carbocycles. The molecule has 0 spiro atoms. The summed E-state index contributed by atoms with van der Waals surface area (Å²) in [5.74, 6) is -5.15. The zero-order valence-corrected chi connectivity index (χ0v) is 19.6. The number of primary amides is 2. The fourth-order valence-electron chi connectivity index (χ4n) is 2.69. The van der Waals surface area contributed by atoms with E-state index in [2.05, 4.69) is 28.6 Å². The van der Waals surface area contributed by atoms with Crippen LogP contribution >= 0.6 is 12.6 Å². The predicted octanol–water partition coefficient (Wildman–Crippen LogP) is -2.64. The summed E-state index contributed by atoms with van der Waals surface area (Å²) < 4.78 is 0. The lowest BCUT2D eigenvalue weighted by molar-refractivity contribution is -0.143. The highest BCUT2D eigenvalue weighted by atomic mass is 32.1. The molecule has 0 bridgehead atoms. The number of aliphatic carboxylic acids is 1. The minimum atomic E-state index is -1.29. The van der Waals surface area contributed by atoms with Gasteiger partial charge in [-0.25, -0.2) is 4.79 Å². The molecule has 188 valence electrons. The number of carboxylic acids is 1. The van der Waals surface area contributed by atoms with Crippen LogP contribution in [0.25, 0.3) is 0 Å². The highest BCUT2D eigenvalue weighted by Gasteiger charge is 2.30. The van der Waals surface area contributed by atoms with E-state index in [9.17, 15) is 33.9 Å². The third-order valence-corrected chi connectivity index (χ3v) is 4.85. The lowest BCUT2D eigenvalue weighted by Crippen LogP contribution is -2.57. The standard InChI is InChI=1S/C19H34N6O7S/c1-9(2)7-12(19(31)32)24-17(29)11(4-6-15(22)27)23-18(30)13(8-33)25-16(28)10(20)3-5-14(21)26/h9-13,33H,3-8,20H2,1-2H3,(H2,21,26)(H2,22,27)(H,23,30)(H,24,29)(H,25,28)(H,31,32). The van der Waals surface area contributed by atoms with E-state index in [4.69, 9.17) is 17.2 Å². The van der Waals surface area contributed by atoms with Gasteiger partial charge >= 0.3 is 5.97 Å². The van der Waals surface area contributed by atoms with Gasteiger partial charge in [0.15, 0.2) is 0 Å². The first kappa shape index (κ1) is 30.1. The molecular weight excluding hydrogens is 456 g/mol. The van der Waals surface area contributed by atoms with Crippen molar-refractivity contribution in [2.75, 3.05) is 5.75 Å². The topological polar surface area (TPSA) is 237 Å². The SMILES string of the molecule is CC(C)CC(NC(=O)C(CCC(N)=O)NC(=O)C(CS)NC(=O)C(N)CCC(N)=O)C(=O)O. The first-order chi connectivity index (χ1) is 15.3. The van der Waals surface area contributed by atoms with Gasteiger partial charge in [-0.2, -0.15) is 12.6 Å². The van der Waals surface area contributed by atoms with E-state index in [0.717, 1.165) is 0 Å². The van der Waals surface area contributed by atoms with Crippen molar-refractivity contribution in [1.82, 2.24) is 16.0 Å². The van der Waals surface area contributed by atoms with Crippen LogP contribution in [-0.2, 0) is 28.8 Å². The number of carboxylic acid groups (broad SMARTS) is 1. The maximum absolute atomic E-state index is 12.7. The van der Waals surface area contributed by atoms with Gasteiger partial charge < -0.3 is 38.3 Å². The van der Waals surface area contributed by atoms with Gasteiger partial charge in [0.1, 0.15) is 18.1 Å². The van der Waals surface area contributed by atoms with Crippen LogP contribution in [0.5, 0.6) is 0 Å². The first-order valence-corrected chi connectivity index (χ1v) is 11.0. The number of nitrogens with one attached hydrogen (secondary N) is 3. The van der Waals surface area contributed by atoms with E-state index >= 15 is 0 Å². The third-order valence-electron chi connectivity index (χ3n) is 4.49. The Morgan fingerprint density at radius 2 is 1.24 bits per heavy atom. The minimum Gasteiger partial charge on any atom is -0.480 e. The number of hydrogen-bond acceptors (Lipinski definition) is 8. The van der Waals surface area contributed by atoms with Crippen molar-refractivity contribution >= 4 is 48.1 Å². The molecule has 13 nitrogen and oxygen atoms in total. The van der Waals surface area contributed by atoms with E-state index < -0.39 is 59.7 Å². The number of amides is 5. The second kappa shape index (κ2) is 15.1. The predicted molar refractivity (Wildman–Crippen MR) is 122 cm³/mol. The molecule has 10 N–H and O–H groups in total. The zero-order valence-electron chi connectivity index (χ0n) is 18.7. The number of hydrogen-bond donors (Lipinski definition) is 8. The fourth-order valence-corrected chi connectivity index (χ4v) is 2.95. The van der Waals surface area contributed by atoms with E-state index in [0.29, 0.717) is 0 Å². The molecular formula is C19H34N6O7S. The Morgan fingerprint density at radius 3 is 1.70 bits per heavy atom. The summed E-state index contributed by atoms with van der Waals surface area (Å²) in [5, 5.41) is 16.4. The quantitative estimate of drug-likeness (QED) is 0.106. The molecule has 0 aliphatic rings. The van der Waals surface area contributed by atoms with E-state index in [1.54, 1.807) is 13.8 Å². The molecule has 0 rings (SSSR count). The monoisotopic (exact) mass is 490 g/mol. The zero-order chi connectivity index (χ0) is 25.7. The number of nitrogens with two attached hydrogens (primary N) is 3. The Balaban J connectivity index is 5.30. The van der Waals surface area contributed by atoms with Crippen LogP contribution < -0.4 is 33.2 Å². The van der Waals surface area contributed by atoms with Gasteiger partial charge in [-0.3, -0.25) is 24.0 Å². The van der Waals surface area contributed by atoms with Gasteiger partial charge in [0.2, 0.25) is 29.5 Å². The smallest absolute Gasteiger partial charge is 0.326 e. The highest BCUT2D eigenvalue weighted by molar-refractivity contribution is 7.80. The van der Waals surface area contributed by atoms with Gasteiger partial charge in [-0.15, -0.1) is 0 Å². The van der Waals surface area contributed by atoms with Crippen LogP contribution in [-0.4, -0.2) is 70.5 Å². The maximum atomic E-state index is 12.7. The van der Waals surface area contributed by atoms with E-state index in [1.807, 2.05) is 0 Å². The van der Waals surface area contributed by atoms with Gasteiger partial charge in [0, 0.05) is 18.6 Å². The average Bonchev–Trinajstić information content (AvgIpc) is 2.71. The average molecular weight is 491 g/mol. The Kier molecular flexibility index (Phi) is 13.7. The van der Waals surface area contributed by atoms with Crippen molar-refractivity contribution in [3.63, 3.8) is 0 Å². The highest BCUT2D eigenvalue weighted by Crippen LogP contribution is 2.07. The van der Waals surface area contributed by atoms with Crippen molar-refractivity contribution in [2.24, 2.45) is 23.1 Å². The molecule has 0 aliphatic heterocycles. The van der Waals surface area contributed by atoms with Crippen LogP contribution in [0.2, 0.25) is 0 Å². The molecule has 4 unspecified atom stereocenters. The van der Waals surface area contributed by atoms with Crippen LogP contribution in [0, 0.1) is 5.92 Å². The van der Waals surface area contributed by atoms with E-state index in [-0.39, 0.29) is 43.8 Å². The van der Waals surface area contributed by atoms with Gasteiger partial charge in [-0.1, -0.05) is 13.8 Å². The fraction of sp³-hybridized carbons (Fsp3) is 0.684. The molecule has 33 heavy (non-hydrogen) atoms. The largest absolute Gasteiger partial charge is 0.480 e. The Labute approximate surface area is 197 Å². The molecule has 0 fully saturated rings. The number of carbonyl (C=O) groups excluding carboxylic acids is 5. The van der Waals surface area contributed by atoms with Crippen LogP contribution in [0.1, 0.15) is 46.0 Å². The minimum absolute atomic E-state index is 0.0296. The van der Waals surface area contributed by atoms with Crippen molar-refractivity contribution in [3.05, 3.63) is 0 Å².